The Balaban J connectivity index is 2.10. The normalized spacial score (nSPS) is 17.6. The number of hydrogen-bond acceptors (Lipinski definition) is 1. The van der Waals surface area contributed by atoms with Crippen LogP contribution in [-0.2, 0) is 0 Å². The minimum atomic E-state index is 0.642. The summed E-state index contributed by atoms with van der Waals surface area (Å²) in [5, 5.41) is 0.809. The highest BCUT2D eigenvalue weighted by Crippen LogP contribution is 2.24. The van der Waals surface area contributed by atoms with Gasteiger partial charge in [-0.3, -0.25) is 4.90 Å². The monoisotopic (exact) mass is 235 g/mol. The van der Waals surface area contributed by atoms with E-state index in [0.717, 1.165) is 24.5 Å². The molecule has 86 valence electrons. The Morgan fingerprint density at radius 2 is 1.88 bits per heavy atom. The van der Waals surface area contributed by atoms with Gasteiger partial charge in [-0.25, -0.2) is 0 Å². The highest BCUT2D eigenvalue weighted by Gasteiger charge is 2.14. The molecule has 0 aliphatic carbocycles. The van der Waals surface area contributed by atoms with Gasteiger partial charge in [0.25, 0.3) is 0 Å². The lowest BCUT2D eigenvalue weighted by atomic mass is 9.99. The molecular formula is C14H18ClN. The van der Waals surface area contributed by atoms with Crippen molar-refractivity contribution in [1.29, 1.82) is 0 Å². The predicted octanol–water partition coefficient (Wildman–Crippen LogP) is 3.84. The summed E-state index contributed by atoms with van der Waals surface area (Å²) in [6.45, 7) is 6.73. The topological polar surface area (TPSA) is 3.24 Å². The second kappa shape index (κ2) is 5.03. The van der Waals surface area contributed by atoms with Crippen molar-refractivity contribution in [2.75, 3.05) is 13.1 Å². The molecule has 0 saturated carbocycles. The smallest absolute Gasteiger partial charge is 0.0406 e. The maximum absolute atomic E-state index is 5.89. The SMILES string of the molecule is CC(C)N1CC=C(c2ccc(Cl)cc2)CC1. The van der Waals surface area contributed by atoms with E-state index in [0.29, 0.717) is 6.04 Å². The molecule has 0 aromatic heterocycles. The van der Waals surface area contributed by atoms with Crippen LogP contribution in [0.5, 0.6) is 0 Å². The third-order valence-electron chi connectivity index (χ3n) is 3.19. The van der Waals surface area contributed by atoms with Gasteiger partial charge in [0.15, 0.2) is 0 Å². The zero-order valence-corrected chi connectivity index (χ0v) is 10.7. The molecule has 1 nitrogen and oxygen atoms in total. The zero-order valence-electron chi connectivity index (χ0n) is 9.91. The van der Waals surface area contributed by atoms with Gasteiger partial charge in [-0.1, -0.05) is 29.8 Å². The average molecular weight is 236 g/mol. The van der Waals surface area contributed by atoms with Crippen LogP contribution in [0.15, 0.2) is 30.3 Å². The first kappa shape index (κ1) is 11.7. The van der Waals surface area contributed by atoms with E-state index in [1.54, 1.807) is 0 Å². The number of benzene rings is 1. The fourth-order valence-electron chi connectivity index (χ4n) is 2.08. The number of nitrogens with zero attached hydrogens (tertiary/aromatic N) is 1. The first-order valence-electron chi connectivity index (χ1n) is 5.86. The minimum Gasteiger partial charge on any atom is -0.297 e. The van der Waals surface area contributed by atoms with Crippen molar-refractivity contribution in [3.8, 4) is 0 Å². The van der Waals surface area contributed by atoms with Crippen LogP contribution < -0.4 is 0 Å². The highest BCUT2D eigenvalue weighted by molar-refractivity contribution is 6.30. The average Bonchev–Trinajstić information content (AvgIpc) is 2.30. The molecule has 1 aromatic carbocycles. The first-order valence-corrected chi connectivity index (χ1v) is 6.23. The molecule has 1 aromatic rings. The van der Waals surface area contributed by atoms with E-state index in [1.165, 1.54) is 11.1 Å². The van der Waals surface area contributed by atoms with Crippen LogP contribution in [0.4, 0.5) is 0 Å². The Morgan fingerprint density at radius 3 is 2.38 bits per heavy atom. The van der Waals surface area contributed by atoms with Crippen molar-refractivity contribution in [2.45, 2.75) is 26.3 Å². The summed E-state index contributed by atoms with van der Waals surface area (Å²) in [5.41, 5.74) is 2.77. The minimum absolute atomic E-state index is 0.642. The molecule has 0 unspecified atom stereocenters. The Kier molecular flexibility index (Phi) is 3.67. The number of hydrogen-bond donors (Lipinski definition) is 0. The summed E-state index contributed by atoms with van der Waals surface area (Å²) in [4.78, 5) is 2.49. The van der Waals surface area contributed by atoms with Crippen LogP contribution in [0.1, 0.15) is 25.8 Å². The first-order chi connectivity index (χ1) is 7.66. The molecular weight excluding hydrogens is 218 g/mol. The van der Waals surface area contributed by atoms with Crippen LogP contribution in [0.2, 0.25) is 5.02 Å². The molecule has 16 heavy (non-hydrogen) atoms. The molecule has 1 aliphatic rings. The van der Waals surface area contributed by atoms with Crippen LogP contribution in [0.3, 0.4) is 0 Å². The molecule has 0 saturated heterocycles. The lowest BCUT2D eigenvalue weighted by molar-refractivity contribution is 0.245. The Hall–Kier alpha value is -0.790. The maximum Gasteiger partial charge on any atom is 0.0406 e. The zero-order chi connectivity index (χ0) is 11.5. The second-order valence-corrected chi connectivity index (χ2v) is 5.01. The van der Waals surface area contributed by atoms with Gasteiger partial charge in [0.2, 0.25) is 0 Å². The molecule has 0 spiro atoms. The summed E-state index contributed by atoms with van der Waals surface area (Å²) < 4.78 is 0. The third kappa shape index (κ3) is 2.66. The van der Waals surface area contributed by atoms with Gasteiger partial charge in [0.1, 0.15) is 0 Å². The van der Waals surface area contributed by atoms with Gasteiger partial charge >= 0.3 is 0 Å². The quantitative estimate of drug-likeness (QED) is 0.753. The van der Waals surface area contributed by atoms with E-state index in [-0.39, 0.29) is 0 Å². The second-order valence-electron chi connectivity index (χ2n) is 4.57. The molecule has 2 rings (SSSR count). The molecule has 2 heteroatoms. The molecule has 0 bridgehead atoms. The van der Waals surface area contributed by atoms with Crippen LogP contribution in [0, 0.1) is 0 Å². The van der Waals surface area contributed by atoms with Gasteiger partial charge in [0, 0.05) is 24.2 Å². The van der Waals surface area contributed by atoms with Crippen LogP contribution >= 0.6 is 11.6 Å². The van der Waals surface area contributed by atoms with Crippen molar-refractivity contribution >= 4 is 17.2 Å². The van der Waals surface area contributed by atoms with E-state index >= 15 is 0 Å². The Labute approximate surface area is 103 Å². The van der Waals surface area contributed by atoms with Crippen molar-refractivity contribution < 1.29 is 0 Å². The summed E-state index contributed by atoms with van der Waals surface area (Å²) >= 11 is 5.89. The van der Waals surface area contributed by atoms with E-state index in [1.807, 2.05) is 12.1 Å². The van der Waals surface area contributed by atoms with E-state index in [2.05, 4.69) is 37.0 Å². The summed E-state index contributed by atoms with van der Waals surface area (Å²) in [6, 6.07) is 8.79. The van der Waals surface area contributed by atoms with Crippen molar-refractivity contribution in [2.24, 2.45) is 0 Å². The summed E-state index contributed by atoms with van der Waals surface area (Å²) in [6.07, 6.45) is 3.48. The van der Waals surface area contributed by atoms with Crippen LogP contribution in [0.25, 0.3) is 5.57 Å². The standard InChI is InChI=1S/C14H18ClN/c1-11(2)16-9-7-13(8-10-16)12-3-5-14(15)6-4-12/h3-7,11H,8-10H2,1-2H3. The lowest BCUT2D eigenvalue weighted by Crippen LogP contribution is -2.34. The fraction of sp³-hybridized carbons (Fsp3) is 0.429. The molecule has 0 atom stereocenters. The summed E-state index contributed by atoms with van der Waals surface area (Å²) in [7, 11) is 0. The Morgan fingerprint density at radius 1 is 1.19 bits per heavy atom. The van der Waals surface area contributed by atoms with E-state index in [4.69, 9.17) is 11.6 Å². The lowest BCUT2D eigenvalue weighted by Gasteiger charge is -2.29. The van der Waals surface area contributed by atoms with Crippen molar-refractivity contribution in [3.05, 3.63) is 40.9 Å². The van der Waals surface area contributed by atoms with E-state index in [9.17, 15) is 0 Å². The van der Waals surface area contributed by atoms with Crippen molar-refractivity contribution in [3.63, 3.8) is 0 Å². The van der Waals surface area contributed by atoms with E-state index < -0.39 is 0 Å². The van der Waals surface area contributed by atoms with Gasteiger partial charge in [-0.15, -0.1) is 0 Å². The largest absolute Gasteiger partial charge is 0.297 e. The molecule has 1 aliphatic heterocycles. The Bertz CT molecular complexity index is 378. The fourth-order valence-corrected chi connectivity index (χ4v) is 2.21. The number of halogens is 1. The molecule has 0 fully saturated rings. The summed E-state index contributed by atoms with van der Waals surface area (Å²) in [5.74, 6) is 0. The van der Waals surface area contributed by atoms with Gasteiger partial charge in [-0.05, 0) is 43.5 Å². The third-order valence-corrected chi connectivity index (χ3v) is 3.44. The molecule has 1 heterocycles. The number of rotatable bonds is 2. The van der Waals surface area contributed by atoms with Gasteiger partial charge in [-0.2, -0.15) is 0 Å². The molecule has 0 amide bonds. The van der Waals surface area contributed by atoms with Crippen molar-refractivity contribution in [1.82, 2.24) is 4.90 Å². The van der Waals surface area contributed by atoms with Gasteiger partial charge < -0.3 is 0 Å². The molecule has 0 radical (unpaired) electrons. The highest BCUT2D eigenvalue weighted by atomic mass is 35.5. The predicted molar refractivity (Wildman–Crippen MR) is 70.8 cm³/mol. The van der Waals surface area contributed by atoms with Crippen LogP contribution in [-0.4, -0.2) is 24.0 Å². The molecule has 0 N–H and O–H groups in total. The van der Waals surface area contributed by atoms with Gasteiger partial charge in [0.05, 0.1) is 0 Å². The maximum atomic E-state index is 5.89.